The number of hydrogen-bond acceptors (Lipinski definition) is 5. The fourth-order valence-electron chi connectivity index (χ4n) is 3.94. The van der Waals surface area contributed by atoms with Crippen LogP contribution in [0.15, 0.2) is 72.8 Å². The van der Waals surface area contributed by atoms with Crippen molar-refractivity contribution < 1.29 is 22.3 Å². The van der Waals surface area contributed by atoms with Gasteiger partial charge in [-0.15, -0.1) is 11.6 Å². The Hall–Kier alpha value is -2.32. The second-order valence-electron chi connectivity index (χ2n) is 11.0. The van der Waals surface area contributed by atoms with E-state index in [0.29, 0.717) is 5.56 Å². The molecule has 0 aliphatic carbocycles. The molecular formula is C30H39ClO5SSi. The molecule has 8 heteroatoms. The second-order valence-corrected chi connectivity index (χ2v) is 18.6. The van der Waals surface area contributed by atoms with Crippen LogP contribution in [0, 0.1) is 0 Å². The van der Waals surface area contributed by atoms with Gasteiger partial charge in [0.25, 0.3) is 0 Å². The molecule has 0 aliphatic rings. The zero-order chi connectivity index (χ0) is 28.2. The van der Waals surface area contributed by atoms with Gasteiger partial charge in [0, 0.05) is 6.61 Å². The number of benzene rings is 3. The van der Waals surface area contributed by atoms with Gasteiger partial charge in [0.15, 0.2) is 18.2 Å². The van der Waals surface area contributed by atoms with Gasteiger partial charge < -0.3 is 13.9 Å². The van der Waals surface area contributed by atoms with E-state index in [4.69, 9.17) is 25.5 Å². The Balaban J connectivity index is 1.85. The molecule has 0 bridgehead atoms. The fraction of sp³-hybridized carbons (Fsp3) is 0.400. The van der Waals surface area contributed by atoms with Gasteiger partial charge in [0.05, 0.1) is 25.7 Å². The average molecular weight is 575 g/mol. The molecule has 0 amide bonds. The van der Waals surface area contributed by atoms with Gasteiger partial charge in [-0.3, -0.25) is 0 Å². The predicted octanol–water partition coefficient (Wildman–Crippen LogP) is 7.17. The molecule has 0 spiro atoms. The number of ether oxygens (including phenoxy) is 2. The van der Waals surface area contributed by atoms with Crippen LogP contribution in [0.25, 0.3) is 0 Å². The summed E-state index contributed by atoms with van der Waals surface area (Å²) in [6.45, 7) is 10.9. The van der Waals surface area contributed by atoms with E-state index in [1.54, 1.807) is 14.2 Å². The number of hydrogen-bond donors (Lipinski definition) is 0. The first-order chi connectivity index (χ1) is 17.7. The van der Waals surface area contributed by atoms with Gasteiger partial charge >= 0.3 is 0 Å². The molecule has 3 aromatic rings. The van der Waals surface area contributed by atoms with Crippen LogP contribution in [0.5, 0.6) is 11.5 Å². The van der Waals surface area contributed by atoms with Crippen molar-refractivity contribution in [3.05, 3.63) is 95.1 Å². The van der Waals surface area contributed by atoms with Gasteiger partial charge in [0.1, 0.15) is 16.4 Å². The monoisotopic (exact) mass is 574 g/mol. The number of halogens is 1. The number of alkyl halides is 1. The molecule has 0 N–H and O–H groups in total. The summed E-state index contributed by atoms with van der Waals surface area (Å²) in [6, 6.07) is 22.8. The van der Waals surface area contributed by atoms with Crippen LogP contribution in [0.1, 0.15) is 43.0 Å². The van der Waals surface area contributed by atoms with Crippen molar-refractivity contribution in [1.82, 2.24) is 0 Å². The van der Waals surface area contributed by atoms with E-state index in [1.165, 1.54) is 0 Å². The van der Waals surface area contributed by atoms with Gasteiger partial charge in [-0.1, -0.05) is 69.3 Å². The number of sulfone groups is 1. The maximum Gasteiger partial charge on any atom is 0.192 e. The SMILES string of the molecule is COc1ccc(C(Cl)(c2ccc(CS(=O)(=O)CCO[Si](C)(C)C(C)(C)C)cc2)c2ccc(OC)cc2)cc1. The Kier molecular flexibility index (Phi) is 9.40. The quantitative estimate of drug-likeness (QED) is 0.138. The van der Waals surface area contributed by atoms with Crippen molar-refractivity contribution in [2.75, 3.05) is 26.6 Å². The van der Waals surface area contributed by atoms with E-state index in [2.05, 4.69) is 33.9 Å². The highest BCUT2D eigenvalue weighted by Crippen LogP contribution is 2.44. The molecule has 0 aliphatic heterocycles. The number of methoxy groups -OCH3 is 2. The molecule has 0 unspecified atom stereocenters. The smallest absolute Gasteiger partial charge is 0.192 e. The topological polar surface area (TPSA) is 61.8 Å². The van der Waals surface area contributed by atoms with Crippen LogP contribution >= 0.6 is 11.6 Å². The van der Waals surface area contributed by atoms with E-state index in [9.17, 15) is 8.42 Å². The summed E-state index contributed by atoms with van der Waals surface area (Å²) in [5, 5.41) is 0.0361. The fourth-order valence-corrected chi connectivity index (χ4v) is 6.69. The van der Waals surface area contributed by atoms with Crippen LogP contribution in [0.3, 0.4) is 0 Å². The van der Waals surface area contributed by atoms with E-state index in [1.807, 2.05) is 72.8 Å². The van der Waals surface area contributed by atoms with Crippen molar-refractivity contribution in [2.45, 2.75) is 49.5 Å². The highest BCUT2D eigenvalue weighted by molar-refractivity contribution is 7.90. The highest BCUT2D eigenvalue weighted by atomic mass is 35.5. The van der Waals surface area contributed by atoms with Crippen molar-refractivity contribution >= 4 is 29.8 Å². The lowest BCUT2D eigenvalue weighted by molar-refractivity contribution is 0.309. The molecule has 3 rings (SSSR count). The molecule has 0 saturated carbocycles. The molecule has 0 atom stereocenters. The summed E-state index contributed by atoms with van der Waals surface area (Å²) >= 11 is 7.43. The second kappa shape index (κ2) is 11.8. The van der Waals surface area contributed by atoms with Crippen molar-refractivity contribution in [1.29, 1.82) is 0 Å². The predicted molar refractivity (Wildman–Crippen MR) is 159 cm³/mol. The Morgan fingerprint density at radius 2 is 1.13 bits per heavy atom. The van der Waals surface area contributed by atoms with Gasteiger partial charge in [0.2, 0.25) is 0 Å². The van der Waals surface area contributed by atoms with Gasteiger partial charge in [-0.05, 0) is 64.7 Å². The minimum Gasteiger partial charge on any atom is -0.497 e. The third kappa shape index (κ3) is 7.00. The van der Waals surface area contributed by atoms with Crippen molar-refractivity contribution in [3.8, 4) is 11.5 Å². The lowest BCUT2D eigenvalue weighted by Gasteiger charge is -2.36. The maximum absolute atomic E-state index is 12.9. The zero-order valence-electron chi connectivity index (χ0n) is 23.4. The first-order valence-corrected chi connectivity index (χ1v) is 17.7. The van der Waals surface area contributed by atoms with Crippen LogP contribution in [-0.2, 0) is 24.9 Å². The van der Waals surface area contributed by atoms with Crippen molar-refractivity contribution in [2.24, 2.45) is 0 Å². The standard InChI is InChI=1S/C30H39ClO5SSi/c1-29(2,3)38(6,7)36-20-21-37(32,33)22-23-8-10-24(11-9-23)30(31,25-12-16-27(34-4)17-13-25)26-14-18-28(35-5)19-15-26/h8-19H,20-22H2,1-7H3. The lowest BCUT2D eigenvalue weighted by Crippen LogP contribution is -2.41. The van der Waals surface area contributed by atoms with E-state index in [0.717, 1.165) is 28.2 Å². The molecule has 206 valence electrons. The molecule has 0 aromatic heterocycles. The minimum atomic E-state index is -3.33. The average Bonchev–Trinajstić information content (AvgIpc) is 2.87. The largest absolute Gasteiger partial charge is 0.497 e. The normalized spacial score (nSPS) is 12.8. The first-order valence-electron chi connectivity index (χ1n) is 12.6. The molecule has 38 heavy (non-hydrogen) atoms. The van der Waals surface area contributed by atoms with Gasteiger partial charge in [-0.2, -0.15) is 0 Å². The molecular weight excluding hydrogens is 536 g/mol. The summed E-state index contributed by atoms with van der Waals surface area (Å²) < 4.78 is 42.5. The third-order valence-corrected chi connectivity index (χ3v) is 14.1. The minimum absolute atomic E-state index is 0.00159. The molecule has 0 saturated heterocycles. The Bertz CT molecular complexity index is 1250. The molecule has 0 radical (unpaired) electrons. The Morgan fingerprint density at radius 3 is 1.50 bits per heavy atom. The molecule has 3 aromatic carbocycles. The van der Waals surface area contributed by atoms with E-state index >= 15 is 0 Å². The molecule has 5 nitrogen and oxygen atoms in total. The summed E-state index contributed by atoms with van der Waals surface area (Å²) in [7, 11) is -2.08. The summed E-state index contributed by atoms with van der Waals surface area (Å²) in [4.78, 5) is -0.993. The Morgan fingerprint density at radius 1 is 0.737 bits per heavy atom. The van der Waals surface area contributed by atoms with Gasteiger partial charge in [-0.25, -0.2) is 8.42 Å². The van der Waals surface area contributed by atoms with Crippen LogP contribution in [0.2, 0.25) is 18.1 Å². The van der Waals surface area contributed by atoms with Crippen LogP contribution in [0.4, 0.5) is 0 Å². The summed E-state index contributed by atoms with van der Waals surface area (Å²) in [5.74, 6) is 1.42. The highest BCUT2D eigenvalue weighted by Gasteiger charge is 2.37. The van der Waals surface area contributed by atoms with E-state index in [-0.39, 0.29) is 23.2 Å². The third-order valence-electron chi connectivity index (χ3n) is 7.38. The summed E-state index contributed by atoms with van der Waals surface area (Å²) in [5.41, 5.74) is 3.28. The van der Waals surface area contributed by atoms with Crippen LogP contribution < -0.4 is 9.47 Å². The first kappa shape index (κ1) is 30.2. The van der Waals surface area contributed by atoms with Crippen molar-refractivity contribution in [3.63, 3.8) is 0 Å². The molecule has 0 heterocycles. The lowest BCUT2D eigenvalue weighted by atomic mass is 9.84. The summed E-state index contributed by atoms with van der Waals surface area (Å²) in [6.07, 6.45) is 0. The molecule has 0 fully saturated rings. The maximum atomic E-state index is 12.9. The number of rotatable bonds is 11. The Labute approximate surface area is 234 Å². The van der Waals surface area contributed by atoms with Crippen LogP contribution in [-0.4, -0.2) is 43.3 Å². The van der Waals surface area contributed by atoms with E-state index < -0.39 is 23.0 Å². The zero-order valence-corrected chi connectivity index (χ0v) is 25.9.